The molecule has 1 rings (SSSR count). The zero-order valence-electron chi connectivity index (χ0n) is 9.12. The van der Waals surface area contributed by atoms with E-state index in [9.17, 15) is 20.0 Å². The van der Waals surface area contributed by atoms with E-state index in [2.05, 4.69) is 11.3 Å². The molecule has 1 atom stereocenters. The van der Waals surface area contributed by atoms with Gasteiger partial charge in [0, 0.05) is 12.1 Å². The second-order valence-electron chi connectivity index (χ2n) is 3.27. The molecule has 1 N–H and O–H groups in total. The first kappa shape index (κ1) is 12.9. The van der Waals surface area contributed by atoms with Gasteiger partial charge in [-0.3, -0.25) is 10.1 Å². The fraction of sp³-hybridized carbons (Fsp3) is 0.182. The van der Waals surface area contributed by atoms with Crippen LogP contribution in [0.2, 0.25) is 0 Å². The fourth-order valence-electron chi connectivity index (χ4n) is 1.31. The van der Waals surface area contributed by atoms with Gasteiger partial charge in [0.25, 0.3) is 5.69 Å². The van der Waals surface area contributed by atoms with E-state index >= 15 is 0 Å². The normalized spacial score (nSPS) is 13.5. The van der Waals surface area contributed by atoms with Crippen LogP contribution in [0, 0.1) is 10.1 Å². The number of ether oxygens (including phenoxy) is 1. The molecule has 90 valence electrons. The summed E-state index contributed by atoms with van der Waals surface area (Å²) in [6.07, 6.45) is 1.01. The molecule has 0 amide bonds. The minimum atomic E-state index is -2.00. The van der Waals surface area contributed by atoms with Gasteiger partial charge in [-0.05, 0) is 23.8 Å². The Labute approximate surface area is 97.3 Å². The van der Waals surface area contributed by atoms with Gasteiger partial charge in [0.2, 0.25) is 5.60 Å². The number of benzene rings is 1. The summed E-state index contributed by atoms with van der Waals surface area (Å²) in [5.41, 5.74) is -1.97. The number of carbonyl (C=O) groups excluding carboxylic acids is 1. The maximum Gasteiger partial charge on any atom is 0.346 e. The van der Waals surface area contributed by atoms with Crippen LogP contribution in [0.4, 0.5) is 5.69 Å². The lowest BCUT2D eigenvalue weighted by atomic mass is 9.94. The first-order valence-electron chi connectivity index (χ1n) is 4.65. The quantitative estimate of drug-likeness (QED) is 0.367. The SMILES string of the molecule is C=CC(O)(C(=O)OC)c1ccc([N+](=O)[O-])cc1. The van der Waals surface area contributed by atoms with Crippen molar-refractivity contribution in [2.75, 3.05) is 7.11 Å². The van der Waals surface area contributed by atoms with Crippen molar-refractivity contribution in [3.8, 4) is 0 Å². The summed E-state index contributed by atoms with van der Waals surface area (Å²) in [6.45, 7) is 3.35. The Morgan fingerprint density at radius 1 is 1.53 bits per heavy atom. The van der Waals surface area contributed by atoms with Gasteiger partial charge in [-0.1, -0.05) is 6.58 Å². The third-order valence-electron chi connectivity index (χ3n) is 2.31. The third-order valence-corrected chi connectivity index (χ3v) is 2.31. The highest BCUT2D eigenvalue weighted by Gasteiger charge is 2.36. The zero-order chi connectivity index (χ0) is 13.1. The average molecular weight is 237 g/mol. The monoisotopic (exact) mass is 237 g/mol. The minimum absolute atomic E-state index is 0.134. The molecule has 0 aromatic heterocycles. The fourth-order valence-corrected chi connectivity index (χ4v) is 1.31. The topological polar surface area (TPSA) is 89.7 Å². The molecule has 1 aromatic carbocycles. The van der Waals surface area contributed by atoms with Gasteiger partial charge in [-0.15, -0.1) is 0 Å². The van der Waals surface area contributed by atoms with Gasteiger partial charge in [0.05, 0.1) is 12.0 Å². The van der Waals surface area contributed by atoms with E-state index in [-0.39, 0.29) is 11.3 Å². The van der Waals surface area contributed by atoms with E-state index in [1.54, 1.807) is 0 Å². The van der Waals surface area contributed by atoms with Gasteiger partial charge in [0.1, 0.15) is 0 Å². The number of aliphatic hydroxyl groups is 1. The predicted octanol–water partition coefficient (Wildman–Crippen LogP) is 1.14. The number of rotatable bonds is 4. The molecule has 0 saturated heterocycles. The standard InChI is InChI=1S/C11H11NO5/c1-3-11(14,10(13)17-2)8-4-6-9(7-5-8)12(15)16/h3-7,14H,1H2,2H3. The molecule has 0 radical (unpaired) electrons. The van der Waals surface area contributed by atoms with E-state index in [1.165, 1.54) is 24.3 Å². The minimum Gasteiger partial charge on any atom is -0.466 e. The summed E-state index contributed by atoms with van der Waals surface area (Å²) < 4.78 is 4.44. The molecular formula is C11H11NO5. The van der Waals surface area contributed by atoms with Gasteiger partial charge in [-0.2, -0.15) is 0 Å². The average Bonchev–Trinajstić information content (AvgIpc) is 2.36. The highest BCUT2D eigenvalue weighted by molar-refractivity contribution is 5.83. The van der Waals surface area contributed by atoms with Gasteiger partial charge in [0.15, 0.2) is 0 Å². The second-order valence-corrected chi connectivity index (χ2v) is 3.27. The Hall–Kier alpha value is -2.21. The predicted molar refractivity (Wildman–Crippen MR) is 59.2 cm³/mol. The Kier molecular flexibility index (Phi) is 3.59. The third kappa shape index (κ3) is 2.31. The largest absolute Gasteiger partial charge is 0.466 e. The molecule has 0 saturated carbocycles. The van der Waals surface area contributed by atoms with Crippen LogP contribution in [-0.4, -0.2) is 23.1 Å². The van der Waals surface area contributed by atoms with Crippen LogP contribution in [0.3, 0.4) is 0 Å². The lowest BCUT2D eigenvalue weighted by Gasteiger charge is -2.21. The summed E-state index contributed by atoms with van der Waals surface area (Å²) in [7, 11) is 1.13. The van der Waals surface area contributed by atoms with E-state index in [4.69, 9.17) is 0 Å². The van der Waals surface area contributed by atoms with E-state index in [0.29, 0.717) is 0 Å². The number of hydrogen-bond acceptors (Lipinski definition) is 5. The maximum absolute atomic E-state index is 11.4. The van der Waals surface area contributed by atoms with Crippen molar-refractivity contribution in [2.24, 2.45) is 0 Å². The van der Waals surface area contributed by atoms with Crippen molar-refractivity contribution in [1.29, 1.82) is 0 Å². The van der Waals surface area contributed by atoms with Gasteiger partial charge >= 0.3 is 5.97 Å². The molecule has 0 spiro atoms. The first-order chi connectivity index (χ1) is 7.95. The number of non-ortho nitro benzene ring substituents is 1. The van der Waals surface area contributed by atoms with E-state index < -0.39 is 16.5 Å². The van der Waals surface area contributed by atoms with Crippen LogP contribution < -0.4 is 0 Å². The molecule has 6 heteroatoms. The smallest absolute Gasteiger partial charge is 0.346 e. The lowest BCUT2D eigenvalue weighted by Crippen LogP contribution is -2.34. The van der Waals surface area contributed by atoms with Crippen molar-refractivity contribution in [2.45, 2.75) is 5.60 Å². The van der Waals surface area contributed by atoms with Crippen LogP contribution in [-0.2, 0) is 15.1 Å². The van der Waals surface area contributed by atoms with E-state index in [0.717, 1.165) is 13.2 Å². The summed E-state index contributed by atoms with van der Waals surface area (Å²) in [5.74, 6) is -0.902. The van der Waals surface area contributed by atoms with Crippen molar-refractivity contribution in [3.05, 3.63) is 52.6 Å². The highest BCUT2D eigenvalue weighted by Crippen LogP contribution is 2.25. The van der Waals surface area contributed by atoms with Crippen LogP contribution in [0.25, 0.3) is 0 Å². The zero-order valence-corrected chi connectivity index (χ0v) is 9.12. The molecule has 0 aliphatic carbocycles. The van der Waals surface area contributed by atoms with Crippen LogP contribution in [0.5, 0.6) is 0 Å². The van der Waals surface area contributed by atoms with Crippen molar-refractivity contribution in [1.82, 2.24) is 0 Å². The number of carbonyl (C=O) groups is 1. The number of hydrogen-bond donors (Lipinski definition) is 1. The number of nitro benzene ring substituents is 1. The van der Waals surface area contributed by atoms with E-state index in [1.807, 2.05) is 0 Å². The van der Waals surface area contributed by atoms with Crippen LogP contribution in [0.1, 0.15) is 5.56 Å². The molecule has 17 heavy (non-hydrogen) atoms. The molecule has 1 unspecified atom stereocenters. The molecule has 0 heterocycles. The molecule has 0 aliphatic heterocycles. The Morgan fingerprint density at radius 3 is 2.41 bits per heavy atom. The van der Waals surface area contributed by atoms with Crippen molar-refractivity contribution >= 4 is 11.7 Å². The molecule has 1 aromatic rings. The second kappa shape index (κ2) is 4.75. The van der Waals surface area contributed by atoms with Crippen LogP contribution >= 0.6 is 0 Å². The Balaban J connectivity index is 3.18. The Bertz CT molecular complexity index is 453. The highest BCUT2D eigenvalue weighted by atomic mass is 16.6. The van der Waals surface area contributed by atoms with Crippen molar-refractivity contribution < 1.29 is 19.6 Å². The lowest BCUT2D eigenvalue weighted by molar-refractivity contribution is -0.384. The number of esters is 1. The summed E-state index contributed by atoms with van der Waals surface area (Å²) in [5, 5.41) is 20.5. The molecule has 6 nitrogen and oxygen atoms in total. The first-order valence-corrected chi connectivity index (χ1v) is 4.65. The maximum atomic E-state index is 11.4. The summed E-state index contributed by atoms with van der Waals surface area (Å²) >= 11 is 0. The number of nitro groups is 1. The summed E-state index contributed by atoms with van der Waals surface area (Å²) in [6, 6.07) is 4.92. The van der Waals surface area contributed by atoms with Gasteiger partial charge in [-0.25, -0.2) is 4.79 Å². The molecular weight excluding hydrogens is 226 g/mol. The molecule has 0 bridgehead atoms. The van der Waals surface area contributed by atoms with Crippen LogP contribution in [0.15, 0.2) is 36.9 Å². The van der Waals surface area contributed by atoms with Gasteiger partial charge < -0.3 is 9.84 Å². The Morgan fingerprint density at radius 2 is 2.06 bits per heavy atom. The molecule has 0 fully saturated rings. The number of methoxy groups -OCH3 is 1. The number of nitrogens with zero attached hydrogens (tertiary/aromatic N) is 1. The van der Waals surface area contributed by atoms with Crippen molar-refractivity contribution in [3.63, 3.8) is 0 Å². The summed E-state index contributed by atoms with van der Waals surface area (Å²) in [4.78, 5) is 21.3. The molecule has 0 aliphatic rings.